The van der Waals surface area contributed by atoms with Crippen molar-refractivity contribution >= 4 is 34.9 Å². The van der Waals surface area contributed by atoms with Crippen molar-refractivity contribution in [1.82, 2.24) is 0 Å². The van der Waals surface area contributed by atoms with E-state index in [1.54, 1.807) is 19.9 Å². The topological polar surface area (TPSA) is 93.5 Å². The molecule has 1 amide bonds. The minimum absolute atomic E-state index is 0.0738. The number of nitrogens with zero attached hydrogens (tertiary/aromatic N) is 1. The van der Waals surface area contributed by atoms with Gasteiger partial charge < -0.3 is 14.8 Å². The van der Waals surface area contributed by atoms with Crippen LogP contribution in [0, 0.1) is 24.0 Å². The molecule has 2 rings (SSSR count). The van der Waals surface area contributed by atoms with Crippen LogP contribution in [0.5, 0.6) is 5.75 Å². The first-order valence-electron chi connectivity index (χ1n) is 9.08. The lowest BCUT2D eigenvalue weighted by Gasteiger charge is -2.24. The van der Waals surface area contributed by atoms with E-state index in [-0.39, 0.29) is 16.7 Å². The fourth-order valence-corrected chi connectivity index (χ4v) is 3.29. The number of rotatable bonds is 6. The molecule has 0 saturated heterocycles. The Kier molecular flexibility index (Phi) is 6.79. The third-order valence-corrected chi connectivity index (χ3v) is 5.14. The fourth-order valence-electron chi connectivity index (χ4n) is 2.92. The van der Waals surface area contributed by atoms with Gasteiger partial charge in [0.25, 0.3) is 11.6 Å². The van der Waals surface area contributed by atoms with Gasteiger partial charge in [0.15, 0.2) is 5.75 Å². The smallest absolute Gasteiger partial charge is 0.273 e. The summed E-state index contributed by atoms with van der Waals surface area (Å²) >= 11 is 1.42. The lowest BCUT2D eigenvalue weighted by atomic mass is 9.86. The van der Waals surface area contributed by atoms with Crippen LogP contribution in [0.3, 0.4) is 0 Å². The Morgan fingerprint density at radius 1 is 1.14 bits per heavy atom. The quantitative estimate of drug-likeness (QED) is 0.368. The maximum absolute atomic E-state index is 12.9. The molecule has 0 aliphatic heterocycles. The zero-order valence-corrected chi connectivity index (χ0v) is 18.6. The van der Waals surface area contributed by atoms with Crippen LogP contribution in [0.2, 0.25) is 0 Å². The molecule has 0 bridgehead atoms. The zero-order chi connectivity index (χ0) is 21.9. The highest BCUT2D eigenvalue weighted by atomic mass is 32.2. The average molecular weight is 418 g/mol. The standard InChI is InChI=1S/C21H27N3O4S/c1-12-8-14(9-18(13(12)2)24(26)27)20(25)22-16-10-15(21(3,4)5)11-17(23-29-7)19(16)28-6/h8-11,23H,1-7H3,(H,22,25). The molecule has 0 aliphatic rings. The monoisotopic (exact) mass is 417 g/mol. The number of aryl methyl sites for hydroxylation is 1. The number of nitro benzene ring substituents is 1. The minimum Gasteiger partial charge on any atom is -0.492 e. The predicted octanol–water partition coefficient (Wildman–Crippen LogP) is 5.46. The molecule has 0 atom stereocenters. The highest BCUT2D eigenvalue weighted by molar-refractivity contribution is 7.99. The highest BCUT2D eigenvalue weighted by Crippen LogP contribution is 2.39. The van der Waals surface area contributed by atoms with E-state index in [1.807, 2.05) is 18.4 Å². The summed E-state index contributed by atoms with van der Waals surface area (Å²) in [4.78, 5) is 23.8. The van der Waals surface area contributed by atoms with E-state index in [9.17, 15) is 14.9 Å². The van der Waals surface area contributed by atoms with Crippen LogP contribution >= 0.6 is 11.9 Å². The van der Waals surface area contributed by atoms with Gasteiger partial charge in [-0.2, -0.15) is 0 Å². The molecule has 29 heavy (non-hydrogen) atoms. The van der Waals surface area contributed by atoms with Crippen molar-refractivity contribution in [2.24, 2.45) is 0 Å². The van der Waals surface area contributed by atoms with Gasteiger partial charge in [-0.3, -0.25) is 14.9 Å². The molecule has 0 spiro atoms. The van der Waals surface area contributed by atoms with Crippen molar-refractivity contribution in [2.45, 2.75) is 40.0 Å². The van der Waals surface area contributed by atoms with E-state index in [1.165, 1.54) is 25.1 Å². The van der Waals surface area contributed by atoms with E-state index in [4.69, 9.17) is 4.74 Å². The van der Waals surface area contributed by atoms with Crippen LogP contribution in [0.4, 0.5) is 17.1 Å². The molecule has 0 aromatic heterocycles. The molecule has 0 radical (unpaired) electrons. The Morgan fingerprint density at radius 2 is 1.76 bits per heavy atom. The van der Waals surface area contributed by atoms with Crippen LogP contribution in [0.25, 0.3) is 0 Å². The number of carbonyl (C=O) groups is 1. The number of methoxy groups -OCH3 is 1. The van der Waals surface area contributed by atoms with E-state index in [2.05, 4.69) is 30.8 Å². The first-order valence-corrected chi connectivity index (χ1v) is 10.3. The number of nitro groups is 1. The van der Waals surface area contributed by atoms with E-state index in [0.29, 0.717) is 22.6 Å². The van der Waals surface area contributed by atoms with Crippen molar-refractivity contribution in [3.63, 3.8) is 0 Å². The summed E-state index contributed by atoms with van der Waals surface area (Å²) in [6.45, 7) is 9.66. The number of anilines is 2. The second kappa shape index (κ2) is 8.73. The molecule has 2 N–H and O–H groups in total. The van der Waals surface area contributed by atoms with Gasteiger partial charge >= 0.3 is 0 Å². The number of benzene rings is 2. The van der Waals surface area contributed by atoms with Gasteiger partial charge in [-0.25, -0.2) is 0 Å². The summed E-state index contributed by atoms with van der Waals surface area (Å²) in [6, 6.07) is 6.82. The lowest BCUT2D eigenvalue weighted by molar-refractivity contribution is -0.385. The molecular weight excluding hydrogens is 390 g/mol. The number of ether oxygens (including phenoxy) is 1. The second-order valence-electron chi connectivity index (χ2n) is 7.81. The molecule has 0 heterocycles. The number of hydrogen-bond donors (Lipinski definition) is 2. The number of carbonyl (C=O) groups excluding carboxylic acids is 1. The number of amides is 1. The highest BCUT2D eigenvalue weighted by Gasteiger charge is 2.22. The Morgan fingerprint density at radius 3 is 2.28 bits per heavy atom. The summed E-state index contributed by atoms with van der Waals surface area (Å²) in [6.07, 6.45) is 1.90. The van der Waals surface area contributed by atoms with Gasteiger partial charge in [0.2, 0.25) is 0 Å². The van der Waals surface area contributed by atoms with E-state index in [0.717, 1.165) is 11.3 Å². The molecule has 2 aromatic rings. The van der Waals surface area contributed by atoms with Gasteiger partial charge in [-0.05, 0) is 48.6 Å². The van der Waals surface area contributed by atoms with Crippen molar-refractivity contribution in [1.29, 1.82) is 0 Å². The Hall–Kier alpha value is -2.74. The molecule has 0 saturated carbocycles. The van der Waals surface area contributed by atoms with E-state index < -0.39 is 10.8 Å². The Labute approximate surface area is 175 Å². The summed E-state index contributed by atoms with van der Waals surface area (Å²) in [5, 5.41) is 14.2. The molecule has 0 unspecified atom stereocenters. The largest absolute Gasteiger partial charge is 0.492 e. The van der Waals surface area contributed by atoms with Gasteiger partial charge in [-0.15, -0.1) is 0 Å². The Bertz CT molecular complexity index is 952. The first-order chi connectivity index (χ1) is 13.5. The van der Waals surface area contributed by atoms with Crippen LogP contribution in [0.15, 0.2) is 24.3 Å². The fraction of sp³-hybridized carbons (Fsp3) is 0.381. The van der Waals surface area contributed by atoms with Crippen LogP contribution in [0.1, 0.15) is 47.8 Å². The number of nitrogens with one attached hydrogen (secondary N) is 2. The predicted molar refractivity (Wildman–Crippen MR) is 119 cm³/mol. The average Bonchev–Trinajstić information content (AvgIpc) is 2.62. The minimum atomic E-state index is -0.472. The van der Waals surface area contributed by atoms with Gasteiger partial charge in [0, 0.05) is 23.4 Å². The third kappa shape index (κ3) is 5.00. The van der Waals surface area contributed by atoms with Crippen molar-refractivity contribution in [2.75, 3.05) is 23.4 Å². The maximum atomic E-state index is 12.9. The molecule has 7 nitrogen and oxygen atoms in total. The summed E-state index contributed by atoms with van der Waals surface area (Å²) in [5.41, 5.74) is 3.49. The maximum Gasteiger partial charge on any atom is 0.273 e. The van der Waals surface area contributed by atoms with E-state index >= 15 is 0 Å². The van der Waals surface area contributed by atoms with Crippen molar-refractivity contribution in [3.05, 3.63) is 56.6 Å². The number of hydrogen-bond acceptors (Lipinski definition) is 6. The molecule has 8 heteroatoms. The van der Waals surface area contributed by atoms with Gasteiger partial charge in [0.05, 0.1) is 23.4 Å². The lowest BCUT2D eigenvalue weighted by Crippen LogP contribution is -2.17. The summed E-state index contributed by atoms with van der Waals surface area (Å²) in [5.74, 6) is 0.0645. The first kappa shape index (κ1) is 22.5. The van der Waals surface area contributed by atoms with Crippen molar-refractivity contribution < 1.29 is 14.5 Å². The molecule has 0 aliphatic carbocycles. The van der Waals surface area contributed by atoms with Gasteiger partial charge in [-0.1, -0.05) is 32.7 Å². The summed E-state index contributed by atoms with van der Waals surface area (Å²) in [7, 11) is 1.54. The van der Waals surface area contributed by atoms with Crippen LogP contribution in [-0.2, 0) is 5.41 Å². The normalized spacial score (nSPS) is 11.1. The third-order valence-electron chi connectivity index (χ3n) is 4.72. The van der Waals surface area contributed by atoms with Gasteiger partial charge in [0.1, 0.15) is 0 Å². The molecule has 156 valence electrons. The summed E-state index contributed by atoms with van der Waals surface area (Å²) < 4.78 is 8.72. The second-order valence-corrected chi connectivity index (χ2v) is 8.42. The molecule has 0 fully saturated rings. The van der Waals surface area contributed by atoms with Crippen molar-refractivity contribution in [3.8, 4) is 5.75 Å². The van der Waals surface area contributed by atoms with Crippen LogP contribution < -0.4 is 14.8 Å². The zero-order valence-electron chi connectivity index (χ0n) is 17.8. The molecule has 2 aromatic carbocycles. The SMILES string of the molecule is COc1c(NSC)cc(C(C)(C)C)cc1NC(=O)c1cc(C)c(C)c([N+](=O)[O-])c1. The Balaban J connectivity index is 2.54. The van der Waals surface area contributed by atoms with Crippen LogP contribution in [-0.4, -0.2) is 24.2 Å². The molecular formula is C21H27N3O4S.